The van der Waals surface area contributed by atoms with Crippen molar-refractivity contribution in [3.63, 3.8) is 0 Å². The van der Waals surface area contributed by atoms with Crippen LogP contribution in [-0.2, 0) is 11.3 Å². The maximum atomic E-state index is 11.8. The molecular formula is C17H30N3O+. The van der Waals surface area contributed by atoms with Gasteiger partial charge in [-0.1, -0.05) is 13.8 Å². The zero-order valence-electron chi connectivity index (χ0n) is 13.8. The van der Waals surface area contributed by atoms with Crippen LogP contribution >= 0.6 is 0 Å². The van der Waals surface area contributed by atoms with E-state index in [-0.39, 0.29) is 5.91 Å². The Bertz CT molecular complexity index is 399. The number of unbranched alkanes of at least 4 members (excludes halogenated alkanes) is 1. The Hall–Kier alpha value is -1.42. The number of pyridine rings is 1. The van der Waals surface area contributed by atoms with E-state index in [0.29, 0.717) is 6.42 Å². The number of rotatable bonds is 10. The number of aryl methyl sites for hydroxylation is 2. The molecule has 0 aliphatic rings. The fraction of sp³-hybridized carbons (Fsp3) is 0.647. The van der Waals surface area contributed by atoms with E-state index in [1.807, 2.05) is 17.0 Å². The van der Waals surface area contributed by atoms with Crippen molar-refractivity contribution in [2.24, 2.45) is 0 Å². The second-order valence-electron chi connectivity index (χ2n) is 5.45. The van der Waals surface area contributed by atoms with Gasteiger partial charge in [-0.2, -0.15) is 0 Å². The number of aromatic nitrogens is 1. The number of amides is 1. The summed E-state index contributed by atoms with van der Waals surface area (Å²) < 4.78 is 2.05. The Morgan fingerprint density at radius 2 is 1.86 bits per heavy atom. The summed E-state index contributed by atoms with van der Waals surface area (Å²) >= 11 is 0. The average molecular weight is 292 g/mol. The smallest absolute Gasteiger partial charge is 0.226 e. The van der Waals surface area contributed by atoms with E-state index < -0.39 is 0 Å². The predicted molar refractivity (Wildman–Crippen MR) is 86.0 cm³/mol. The third-order valence-corrected chi connectivity index (χ3v) is 3.77. The second kappa shape index (κ2) is 10.3. The number of carbonyl (C=O) groups excluding carboxylic acids is 1. The first kappa shape index (κ1) is 17.6. The highest BCUT2D eigenvalue weighted by atomic mass is 16.1. The molecule has 4 nitrogen and oxygen atoms in total. The first-order valence-corrected chi connectivity index (χ1v) is 8.10. The topological polar surface area (TPSA) is 36.2 Å². The van der Waals surface area contributed by atoms with Crippen LogP contribution in [0.1, 0.15) is 38.7 Å². The van der Waals surface area contributed by atoms with Crippen molar-refractivity contribution in [1.82, 2.24) is 10.2 Å². The van der Waals surface area contributed by atoms with E-state index in [1.165, 1.54) is 5.56 Å². The van der Waals surface area contributed by atoms with Crippen LogP contribution in [0.15, 0.2) is 24.5 Å². The van der Waals surface area contributed by atoms with Gasteiger partial charge in [0.2, 0.25) is 5.91 Å². The van der Waals surface area contributed by atoms with Gasteiger partial charge in [0.15, 0.2) is 18.9 Å². The van der Waals surface area contributed by atoms with Gasteiger partial charge in [0.25, 0.3) is 0 Å². The van der Waals surface area contributed by atoms with Crippen molar-refractivity contribution in [1.29, 1.82) is 0 Å². The minimum absolute atomic E-state index is 0.144. The largest absolute Gasteiger partial charge is 0.356 e. The lowest BCUT2D eigenvalue weighted by molar-refractivity contribution is -0.695. The van der Waals surface area contributed by atoms with Gasteiger partial charge in [-0.05, 0) is 45.0 Å². The van der Waals surface area contributed by atoms with Crippen molar-refractivity contribution < 1.29 is 9.36 Å². The van der Waals surface area contributed by atoms with E-state index in [0.717, 1.165) is 45.6 Å². The molecule has 4 heteroatoms. The van der Waals surface area contributed by atoms with Crippen LogP contribution in [0.25, 0.3) is 0 Å². The molecule has 0 aliphatic heterocycles. The number of nitrogens with one attached hydrogen (secondary N) is 1. The number of carbonyl (C=O) groups is 1. The highest BCUT2D eigenvalue weighted by molar-refractivity contribution is 5.75. The minimum atomic E-state index is 0.144. The average Bonchev–Trinajstić information content (AvgIpc) is 2.50. The van der Waals surface area contributed by atoms with Gasteiger partial charge >= 0.3 is 0 Å². The summed E-state index contributed by atoms with van der Waals surface area (Å²) in [5, 5.41) is 3.00. The van der Waals surface area contributed by atoms with Crippen molar-refractivity contribution >= 4 is 5.91 Å². The van der Waals surface area contributed by atoms with E-state index >= 15 is 0 Å². The molecule has 0 saturated carbocycles. The molecule has 0 bridgehead atoms. The fourth-order valence-electron chi connectivity index (χ4n) is 2.23. The Morgan fingerprint density at radius 1 is 1.19 bits per heavy atom. The van der Waals surface area contributed by atoms with Crippen molar-refractivity contribution in [3.05, 3.63) is 30.1 Å². The molecule has 0 atom stereocenters. The monoisotopic (exact) mass is 292 g/mol. The molecule has 0 aliphatic carbocycles. The summed E-state index contributed by atoms with van der Waals surface area (Å²) in [7, 11) is 0. The zero-order valence-corrected chi connectivity index (χ0v) is 13.8. The summed E-state index contributed by atoms with van der Waals surface area (Å²) in [6.07, 6.45) is 6.79. The molecule has 1 rings (SSSR count). The summed E-state index contributed by atoms with van der Waals surface area (Å²) in [4.78, 5) is 14.2. The van der Waals surface area contributed by atoms with Crippen molar-refractivity contribution in [2.75, 3.05) is 26.2 Å². The maximum Gasteiger partial charge on any atom is 0.226 e. The Kier molecular flexibility index (Phi) is 8.67. The molecule has 1 aromatic heterocycles. The van der Waals surface area contributed by atoms with Crippen molar-refractivity contribution in [2.45, 2.75) is 46.6 Å². The Labute approximate surface area is 129 Å². The van der Waals surface area contributed by atoms with Gasteiger partial charge in [-0.25, -0.2) is 4.57 Å². The van der Waals surface area contributed by atoms with Gasteiger partial charge in [0.1, 0.15) is 0 Å². The van der Waals surface area contributed by atoms with E-state index in [4.69, 9.17) is 0 Å². The zero-order chi connectivity index (χ0) is 15.5. The van der Waals surface area contributed by atoms with E-state index in [9.17, 15) is 4.79 Å². The van der Waals surface area contributed by atoms with E-state index in [1.54, 1.807) is 0 Å². The standard InChI is InChI=1S/C17H29N3O/c1-4-19(5-2)12-7-6-11-18-17(21)10-15-20-13-8-16(3)9-14-20/h8-9,13-14H,4-7,10-12,15H2,1-3H3/p+1. The van der Waals surface area contributed by atoms with Gasteiger partial charge in [-0.3, -0.25) is 4.79 Å². The summed E-state index contributed by atoms with van der Waals surface area (Å²) in [6, 6.07) is 4.12. The summed E-state index contributed by atoms with van der Waals surface area (Å²) in [6.45, 7) is 11.3. The molecule has 1 heterocycles. The molecule has 21 heavy (non-hydrogen) atoms. The third-order valence-electron chi connectivity index (χ3n) is 3.77. The van der Waals surface area contributed by atoms with Crippen LogP contribution in [0.4, 0.5) is 0 Å². The SMILES string of the molecule is CCN(CC)CCCCNC(=O)CC[n+]1ccc(C)cc1. The molecule has 0 unspecified atom stereocenters. The molecule has 0 fully saturated rings. The molecule has 1 aromatic rings. The molecule has 0 spiro atoms. The van der Waals surface area contributed by atoms with Gasteiger partial charge in [-0.15, -0.1) is 0 Å². The first-order chi connectivity index (χ1) is 10.2. The van der Waals surface area contributed by atoms with E-state index in [2.05, 4.69) is 43.1 Å². The molecule has 118 valence electrons. The lowest BCUT2D eigenvalue weighted by Gasteiger charge is -2.17. The Balaban J connectivity index is 2.07. The van der Waals surface area contributed by atoms with Crippen molar-refractivity contribution in [3.8, 4) is 0 Å². The maximum absolute atomic E-state index is 11.8. The van der Waals surface area contributed by atoms with Gasteiger partial charge in [0.05, 0.1) is 6.42 Å². The van der Waals surface area contributed by atoms with Crippen LogP contribution in [0.5, 0.6) is 0 Å². The molecule has 1 N–H and O–H groups in total. The normalized spacial score (nSPS) is 10.9. The third kappa shape index (κ3) is 7.81. The molecule has 0 aromatic carbocycles. The molecular weight excluding hydrogens is 262 g/mol. The number of hydrogen-bond acceptors (Lipinski definition) is 2. The van der Waals surface area contributed by atoms with Crippen LogP contribution in [0.2, 0.25) is 0 Å². The summed E-state index contributed by atoms with van der Waals surface area (Å²) in [5.41, 5.74) is 1.24. The first-order valence-electron chi connectivity index (χ1n) is 8.10. The lowest BCUT2D eigenvalue weighted by atomic mass is 10.2. The predicted octanol–water partition coefficient (Wildman–Crippen LogP) is 1.91. The van der Waals surface area contributed by atoms with Crippen LogP contribution < -0.4 is 9.88 Å². The molecule has 0 saturated heterocycles. The minimum Gasteiger partial charge on any atom is -0.356 e. The Morgan fingerprint density at radius 3 is 2.48 bits per heavy atom. The lowest BCUT2D eigenvalue weighted by Crippen LogP contribution is -2.36. The molecule has 0 radical (unpaired) electrons. The van der Waals surface area contributed by atoms with Crippen LogP contribution in [0, 0.1) is 6.92 Å². The quantitative estimate of drug-likeness (QED) is 0.528. The van der Waals surface area contributed by atoms with Gasteiger partial charge in [0, 0.05) is 18.7 Å². The highest BCUT2D eigenvalue weighted by Gasteiger charge is 2.06. The summed E-state index contributed by atoms with van der Waals surface area (Å²) in [5.74, 6) is 0.144. The number of nitrogens with zero attached hydrogens (tertiary/aromatic N) is 2. The molecule has 1 amide bonds. The highest BCUT2D eigenvalue weighted by Crippen LogP contribution is 1.94. The van der Waals surface area contributed by atoms with Gasteiger partial charge < -0.3 is 10.2 Å². The second-order valence-corrected chi connectivity index (χ2v) is 5.45. The van der Waals surface area contributed by atoms with Crippen LogP contribution in [-0.4, -0.2) is 37.0 Å². The fourth-order valence-corrected chi connectivity index (χ4v) is 2.23. The van der Waals surface area contributed by atoms with Crippen LogP contribution in [0.3, 0.4) is 0 Å². The number of hydrogen-bond donors (Lipinski definition) is 1.